The van der Waals surface area contributed by atoms with Gasteiger partial charge in [-0.2, -0.15) is 0 Å². The number of amides is 3. The lowest BCUT2D eigenvalue weighted by Crippen LogP contribution is -2.29. The Hall–Kier alpha value is -4.69. The number of likely N-dealkylation sites (tertiary alicyclic amines) is 1. The Balaban J connectivity index is 1.29. The topological polar surface area (TPSA) is 157 Å². The third-order valence-electron chi connectivity index (χ3n) is 6.69. The summed E-state index contributed by atoms with van der Waals surface area (Å²) in [7, 11) is 0. The Morgan fingerprint density at radius 3 is 2.40 bits per heavy atom. The average molecular weight is 576 g/mol. The molecule has 0 bridgehead atoms. The van der Waals surface area contributed by atoms with Gasteiger partial charge in [0.1, 0.15) is 5.56 Å². The van der Waals surface area contributed by atoms with Gasteiger partial charge in [0.2, 0.25) is 0 Å². The maximum atomic E-state index is 13.1. The van der Waals surface area contributed by atoms with Crippen molar-refractivity contribution in [1.29, 1.82) is 0 Å². The zero-order chi connectivity index (χ0) is 28.1. The molecule has 14 heteroatoms. The molecule has 1 aromatic heterocycles. The number of carbonyl (C=O) groups excluding carboxylic acids is 3. The highest BCUT2D eigenvalue weighted by atomic mass is 32.2. The Morgan fingerprint density at radius 2 is 1.68 bits per heavy atom. The van der Waals surface area contributed by atoms with Crippen LogP contribution in [0, 0.1) is 20.2 Å². The van der Waals surface area contributed by atoms with Gasteiger partial charge >= 0.3 is 0 Å². The number of aromatic nitrogens is 1. The van der Waals surface area contributed by atoms with Gasteiger partial charge in [-0.3, -0.25) is 34.6 Å². The smallest absolute Gasteiger partial charge is 0.284 e. The van der Waals surface area contributed by atoms with Crippen molar-refractivity contribution in [3.05, 3.63) is 91.5 Å². The van der Waals surface area contributed by atoms with Gasteiger partial charge in [0.15, 0.2) is 4.34 Å². The van der Waals surface area contributed by atoms with E-state index in [0.29, 0.717) is 32.5 Å². The van der Waals surface area contributed by atoms with Crippen LogP contribution in [-0.2, 0) is 0 Å². The van der Waals surface area contributed by atoms with Crippen LogP contribution in [0.3, 0.4) is 0 Å². The number of benzene rings is 3. The van der Waals surface area contributed by atoms with Gasteiger partial charge in [0.05, 0.1) is 36.2 Å². The van der Waals surface area contributed by atoms with Crippen molar-refractivity contribution in [2.75, 3.05) is 18.0 Å². The Morgan fingerprint density at radius 1 is 0.925 bits per heavy atom. The number of fused-ring (bicyclic) bond motifs is 2. The molecule has 0 N–H and O–H groups in total. The maximum absolute atomic E-state index is 13.1. The first-order valence-corrected chi connectivity index (χ1v) is 13.7. The molecule has 2 aliphatic rings. The summed E-state index contributed by atoms with van der Waals surface area (Å²) in [6.07, 6.45) is 1.82. The molecule has 3 amide bonds. The predicted molar refractivity (Wildman–Crippen MR) is 146 cm³/mol. The minimum absolute atomic E-state index is 0.0428. The number of anilines is 1. The lowest BCUT2D eigenvalue weighted by Gasteiger charge is -2.15. The monoisotopic (exact) mass is 575 g/mol. The molecule has 40 heavy (non-hydrogen) atoms. The molecule has 1 saturated heterocycles. The van der Waals surface area contributed by atoms with E-state index in [1.807, 2.05) is 0 Å². The molecule has 0 atom stereocenters. The SMILES string of the molecule is O=C(c1ccc(Sc2nc3ccc(N4C(=O)c5cccc([N+](=O)[O-])c5C4=O)cc3s2)c([N+](=O)[O-])c1)N1CCCC1. The van der Waals surface area contributed by atoms with E-state index in [2.05, 4.69) is 4.98 Å². The molecule has 0 radical (unpaired) electrons. The van der Waals surface area contributed by atoms with Crippen LogP contribution in [0.2, 0.25) is 0 Å². The highest BCUT2D eigenvalue weighted by molar-refractivity contribution is 8.01. The van der Waals surface area contributed by atoms with Crippen molar-refractivity contribution in [2.24, 2.45) is 0 Å². The quantitative estimate of drug-likeness (QED) is 0.169. The second-order valence-corrected chi connectivity index (χ2v) is 11.4. The molecule has 200 valence electrons. The molecule has 12 nitrogen and oxygen atoms in total. The molecule has 3 heterocycles. The van der Waals surface area contributed by atoms with Crippen LogP contribution in [0.4, 0.5) is 17.1 Å². The highest BCUT2D eigenvalue weighted by Gasteiger charge is 2.42. The van der Waals surface area contributed by atoms with Crippen LogP contribution in [0.15, 0.2) is 63.8 Å². The van der Waals surface area contributed by atoms with Gasteiger partial charge in [0.25, 0.3) is 29.1 Å². The number of imide groups is 1. The summed E-state index contributed by atoms with van der Waals surface area (Å²) >= 11 is 2.28. The first kappa shape index (κ1) is 25.6. The van der Waals surface area contributed by atoms with E-state index in [4.69, 9.17) is 0 Å². The van der Waals surface area contributed by atoms with Crippen molar-refractivity contribution in [2.45, 2.75) is 22.1 Å². The molecule has 0 aliphatic carbocycles. The van der Waals surface area contributed by atoms with Gasteiger partial charge in [0, 0.05) is 30.8 Å². The van der Waals surface area contributed by atoms with E-state index in [1.165, 1.54) is 47.7 Å². The van der Waals surface area contributed by atoms with Crippen molar-refractivity contribution < 1.29 is 24.2 Å². The van der Waals surface area contributed by atoms with Crippen molar-refractivity contribution >= 4 is 68.1 Å². The highest BCUT2D eigenvalue weighted by Crippen LogP contribution is 2.41. The lowest BCUT2D eigenvalue weighted by molar-refractivity contribution is -0.387. The zero-order valence-corrected chi connectivity index (χ0v) is 22.1. The van der Waals surface area contributed by atoms with Crippen molar-refractivity contribution in [3.63, 3.8) is 0 Å². The fraction of sp³-hybridized carbons (Fsp3) is 0.154. The number of rotatable bonds is 6. The van der Waals surface area contributed by atoms with Crippen molar-refractivity contribution in [1.82, 2.24) is 9.88 Å². The summed E-state index contributed by atoms with van der Waals surface area (Å²) in [6, 6.07) is 13.0. The molecular formula is C26H17N5O7S2. The molecule has 0 saturated carbocycles. The van der Waals surface area contributed by atoms with E-state index in [9.17, 15) is 34.6 Å². The second-order valence-electron chi connectivity index (χ2n) is 9.08. The number of hydrogen-bond acceptors (Lipinski definition) is 10. The van der Waals surface area contributed by atoms with E-state index in [1.54, 1.807) is 23.1 Å². The van der Waals surface area contributed by atoms with E-state index < -0.39 is 27.3 Å². The molecular weight excluding hydrogens is 558 g/mol. The summed E-state index contributed by atoms with van der Waals surface area (Å²) in [5, 5.41) is 23.2. The fourth-order valence-electron chi connectivity index (χ4n) is 4.81. The van der Waals surface area contributed by atoms with Gasteiger partial charge in [-0.15, -0.1) is 11.3 Å². The zero-order valence-electron chi connectivity index (χ0n) is 20.4. The largest absolute Gasteiger partial charge is 0.339 e. The van der Waals surface area contributed by atoms with Crippen LogP contribution >= 0.6 is 23.1 Å². The number of carbonyl (C=O) groups is 3. The summed E-state index contributed by atoms with van der Waals surface area (Å²) < 4.78 is 1.08. The molecule has 2 aliphatic heterocycles. The van der Waals surface area contributed by atoms with Gasteiger partial charge < -0.3 is 4.90 Å². The Bertz CT molecular complexity index is 1780. The first-order chi connectivity index (χ1) is 19.2. The predicted octanol–water partition coefficient (Wildman–Crippen LogP) is 5.30. The first-order valence-electron chi connectivity index (χ1n) is 12.1. The minimum Gasteiger partial charge on any atom is -0.339 e. The van der Waals surface area contributed by atoms with Crippen LogP contribution in [0.5, 0.6) is 0 Å². The van der Waals surface area contributed by atoms with Crippen LogP contribution in [-0.4, -0.2) is 50.5 Å². The number of hydrogen-bond donors (Lipinski definition) is 0. The lowest BCUT2D eigenvalue weighted by atomic mass is 10.1. The average Bonchev–Trinajstić information content (AvgIpc) is 3.67. The number of nitro groups is 2. The molecule has 6 rings (SSSR count). The molecule has 3 aromatic carbocycles. The Labute approximate surface area is 233 Å². The molecule has 1 fully saturated rings. The third kappa shape index (κ3) is 4.26. The molecule has 0 unspecified atom stereocenters. The van der Waals surface area contributed by atoms with E-state index in [0.717, 1.165) is 29.5 Å². The van der Waals surface area contributed by atoms with Crippen LogP contribution < -0.4 is 4.90 Å². The Kier molecular flexibility index (Phi) is 6.27. The molecule has 0 spiro atoms. The van der Waals surface area contributed by atoms with Gasteiger partial charge in [-0.1, -0.05) is 17.8 Å². The van der Waals surface area contributed by atoms with Crippen molar-refractivity contribution in [3.8, 4) is 0 Å². The van der Waals surface area contributed by atoms with E-state index >= 15 is 0 Å². The summed E-state index contributed by atoms with van der Waals surface area (Å²) in [4.78, 5) is 68.2. The minimum atomic E-state index is -0.787. The number of nitrogens with zero attached hydrogens (tertiary/aromatic N) is 5. The maximum Gasteiger partial charge on any atom is 0.284 e. The standard InChI is InChI=1S/C26H17N5O7S2/c32-23(28-10-1-2-11-28)14-6-9-20(19(12-14)31(37)38)39-26-27-17-8-7-15(13-21(17)40-26)29-24(33)16-4-3-5-18(30(35)36)22(16)25(29)34/h3-9,12-13H,1-2,10-11H2. The van der Waals surface area contributed by atoms with Gasteiger partial charge in [-0.05, 0) is 49.2 Å². The summed E-state index contributed by atoms with van der Waals surface area (Å²) in [5.74, 6) is -1.69. The summed E-state index contributed by atoms with van der Waals surface area (Å²) in [6.45, 7) is 1.27. The normalized spacial score (nSPS) is 14.7. The van der Waals surface area contributed by atoms with Crippen LogP contribution in [0.25, 0.3) is 10.2 Å². The second kappa shape index (κ2) is 9.81. The van der Waals surface area contributed by atoms with Gasteiger partial charge in [-0.25, -0.2) is 9.88 Å². The fourth-order valence-corrected chi connectivity index (χ4v) is 6.95. The van der Waals surface area contributed by atoms with Crippen LogP contribution in [0.1, 0.15) is 43.9 Å². The third-order valence-corrected chi connectivity index (χ3v) is 8.84. The molecule has 4 aromatic rings. The number of thiazole rings is 1. The summed E-state index contributed by atoms with van der Waals surface area (Å²) in [5.41, 5.74) is 0.0866. The van der Waals surface area contributed by atoms with E-state index in [-0.39, 0.29) is 34.0 Å². The number of nitro benzene ring substituents is 2.